The van der Waals surface area contributed by atoms with Crippen molar-refractivity contribution < 1.29 is 0 Å². The molecule has 2 aromatic rings. The smallest absolute Gasteiger partial charge is 0.262 e. The summed E-state index contributed by atoms with van der Waals surface area (Å²) >= 11 is 5.31. The first-order chi connectivity index (χ1) is 9.75. The lowest BCUT2D eigenvalue weighted by molar-refractivity contribution is 0.733. The van der Waals surface area contributed by atoms with E-state index < -0.39 is 0 Å². The monoisotopic (exact) mass is 282 g/mol. The molecule has 0 aliphatic heterocycles. The largest absolute Gasteiger partial charge is 0.332 e. The molecular formula is C16H14N2OS. The van der Waals surface area contributed by atoms with Crippen LogP contribution in [0.4, 0.5) is 0 Å². The van der Waals surface area contributed by atoms with Crippen molar-refractivity contribution in [3.05, 3.63) is 75.3 Å². The maximum atomic E-state index is 12.5. The van der Waals surface area contributed by atoms with Crippen molar-refractivity contribution in [2.75, 3.05) is 0 Å². The Hall–Kier alpha value is -2.20. The number of allylic oxidation sites excluding steroid dienone is 6. The molecule has 0 saturated carbocycles. The highest BCUT2D eigenvalue weighted by Gasteiger charge is 2.06. The number of para-hydroxylation sites is 1. The van der Waals surface area contributed by atoms with Gasteiger partial charge in [0.1, 0.15) is 0 Å². The van der Waals surface area contributed by atoms with Crippen molar-refractivity contribution in [3.8, 4) is 0 Å². The first-order valence-corrected chi connectivity index (χ1v) is 6.90. The molecule has 0 bridgehead atoms. The van der Waals surface area contributed by atoms with E-state index in [-0.39, 0.29) is 5.56 Å². The number of aromatic amines is 1. The minimum Gasteiger partial charge on any atom is -0.332 e. The maximum absolute atomic E-state index is 12.5. The Morgan fingerprint density at radius 2 is 2.10 bits per heavy atom. The Labute approximate surface area is 121 Å². The van der Waals surface area contributed by atoms with E-state index in [0.717, 1.165) is 17.5 Å². The van der Waals surface area contributed by atoms with Crippen molar-refractivity contribution in [2.45, 2.75) is 13.0 Å². The SMILES string of the molecule is O=c1c2ccccc2[nH]c(=S)n1CC1=CC=CCC=C1. The quantitative estimate of drug-likeness (QED) is 0.856. The lowest BCUT2D eigenvalue weighted by Gasteiger charge is -2.08. The van der Waals surface area contributed by atoms with Gasteiger partial charge in [0.2, 0.25) is 0 Å². The Morgan fingerprint density at radius 3 is 3.00 bits per heavy atom. The molecule has 0 saturated heterocycles. The molecular weight excluding hydrogens is 268 g/mol. The molecule has 0 amide bonds. The zero-order valence-corrected chi connectivity index (χ0v) is 11.7. The molecule has 4 heteroatoms. The molecule has 0 spiro atoms. The molecule has 0 unspecified atom stereocenters. The Bertz CT molecular complexity index is 853. The summed E-state index contributed by atoms with van der Waals surface area (Å²) in [6.45, 7) is 0.486. The van der Waals surface area contributed by atoms with Gasteiger partial charge in [-0.05, 0) is 36.3 Å². The van der Waals surface area contributed by atoms with E-state index in [1.165, 1.54) is 0 Å². The molecule has 0 radical (unpaired) electrons. The third-order valence-corrected chi connectivity index (χ3v) is 3.60. The van der Waals surface area contributed by atoms with Gasteiger partial charge in [0.05, 0.1) is 17.4 Å². The number of benzene rings is 1. The van der Waals surface area contributed by atoms with Crippen molar-refractivity contribution in [1.82, 2.24) is 9.55 Å². The number of aromatic nitrogens is 2. The van der Waals surface area contributed by atoms with Crippen molar-refractivity contribution in [1.29, 1.82) is 0 Å². The predicted molar refractivity (Wildman–Crippen MR) is 84.4 cm³/mol. The first kappa shape index (κ1) is 12.8. The summed E-state index contributed by atoms with van der Waals surface area (Å²) in [5.74, 6) is 0. The summed E-state index contributed by atoms with van der Waals surface area (Å²) in [7, 11) is 0. The van der Waals surface area contributed by atoms with E-state index in [4.69, 9.17) is 12.2 Å². The lowest BCUT2D eigenvalue weighted by atomic mass is 10.2. The summed E-state index contributed by atoms with van der Waals surface area (Å²) < 4.78 is 2.06. The molecule has 1 aromatic heterocycles. The maximum Gasteiger partial charge on any atom is 0.262 e. The van der Waals surface area contributed by atoms with Crippen LogP contribution in [0.25, 0.3) is 10.9 Å². The van der Waals surface area contributed by atoms with Crippen LogP contribution < -0.4 is 5.56 Å². The second-order valence-electron chi connectivity index (χ2n) is 4.67. The molecule has 0 fully saturated rings. The predicted octanol–water partition coefficient (Wildman–Crippen LogP) is 3.50. The summed E-state index contributed by atoms with van der Waals surface area (Å²) in [5, 5.41) is 0.662. The second-order valence-corrected chi connectivity index (χ2v) is 5.06. The van der Waals surface area contributed by atoms with Gasteiger partial charge >= 0.3 is 0 Å². The van der Waals surface area contributed by atoms with E-state index in [0.29, 0.717) is 16.7 Å². The van der Waals surface area contributed by atoms with Crippen LogP contribution in [-0.4, -0.2) is 9.55 Å². The van der Waals surface area contributed by atoms with E-state index in [2.05, 4.69) is 17.1 Å². The summed E-state index contributed by atoms with van der Waals surface area (Å²) in [6, 6.07) is 7.43. The van der Waals surface area contributed by atoms with Gasteiger partial charge in [-0.25, -0.2) is 0 Å². The van der Waals surface area contributed by atoms with E-state index in [9.17, 15) is 4.79 Å². The molecule has 0 atom stereocenters. The van der Waals surface area contributed by atoms with Crippen molar-refractivity contribution >= 4 is 23.1 Å². The van der Waals surface area contributed by atoms with Crippen LogP contribution in [0.15, 0.2) is 65.0 Å². The Balaban J connectivity index is 2.12. The zero-order chi connectivity index (χ0) is 13.9. The van der Waals surface area contributed by atoms with Crippen molar-refractivity contribution in [2.24, 2.45) is 0 Å². The van der Waals surface area contributed by atoms with Crippen LogP contribution in [0.1, 0.15) is 6.42 Å². The third kappa shape index (κ3) is 2.42. The lowest BCUT2D eigenvalue weighted by Crippen LogP contribution is -2.22. The van der Waals surface area contributed by atoms with Gasteiger partial charge < -0.3 is 4.98 Å². The molecule has 3 rings (SSSR count). The van der Waals surface area contributed by atoms with Crippen LogP contribution in [-0.2, 0) is 6.54 Å². The average molecular weight is 282 g/mol. The van der Waals surface area contributed by atoms with Crippen LogP contribution >= 0.6 is 12.2 Å². The Morgan fingerprint density at radius 1 is 1.25 bits per heavy atom. The van der Waals surface area contributed by atoms with Gasteiger partial charge in [0.25, 0.3) is 5.56 Å². The third-order valence-electron chi connectivity index (χ3n) is 3.28. The highest BCUT2D eigenvalue weighted by Crippen LogP contribution is 2.10. The standard InChI is InChI=1S/C16H14N2OS/c19-15-13-9-5-6-10-14(13)17-16(20)18(15)11-12-7-3-1-2-4-8-12/h1,3-10H,2,11H2,(H,17,20). The highest BCUT2D eigenvalue weighted by molar-refractivity contribution is 7.71. The molecule has 1 aromatic carbocycles. The number of nitrogens with one attached hydrogen (secondary N) is 1. The van der Waals surface area contributed by atoms with Gasteiger partial charge in [-0.3, -0.25) is 9.36 Å². The number of hydrogen-bond donors (Lipinski definition) is 1. The molecule has 1 N–H and O–H groups in total. The molecule has 1 aliphatic carbocycles. The van der Waals surface area contributed by atoms with E-state index >= 15 is 0 Å². The fourth-order valence-electron chi connectivity index (χ4n) is 2.25. The molecule has 100 valence electrons. The number of fused-ring (bicyclic) bond motifs is 1. The van der Waals surface area contributed by atoms with Gasteiger partial charge in [-0.2, -0.15) is 0 Å². The van der Waals surface area contributed by atoms with Crippen LogP contribution in [0.3, 0.4) is 0 Å². The average Bonchev–Trinajstić information content (AvgIpc) is 2.72. The fraction of sp³-hybridized carbons (Fsp3) is 0.125. The minimum absolute atomic E-state index is 0.0492. The van der Waals surface area contributed by atoms with Crippen LogP contribution in [0.2, 0.25) is 0 Å². The minimum atomic E-state index is -0.0492. The van der Waals surface area contributed by atoms with Gasteiger partial charge in [-0.15, -0.1) is 0 Å². The first-order valence-electron chi connectivity index (χ1n) is 6.50. The number of hydrogen-bond acceptors (Lipinski definition) is 2. The molecule has 3 nitrogen and oxygen atoms in total. The number of nitrogens with zero attached hydrogens (tertiary/aromatic N) is 1. The van der Waals surface area contributed by atoms with Crippen LogP contribution in [0.5, 0.6) is 0 Å². The number of H-pyrrole nitrogens is 1. The topological polar surface area (TPSA) is 37.8 Å². The van der Waals surface area contributed by atoms with Crippen LogP contribution in [0, 0.1) is 4.77 Å². The van der Waals surface area contributed by atoms with E-state index in [1.54, 1.807) is 4.57 Å². The fourth-order valence-corrected chi connectivity index (χ4v) is 2.51. The second kappa shape index (κ2) is 5.43. The highest BCUT2D eigenvalue weighted by atomic mass is 32.1. The molecule has 1 aliphatic rings. The van der Waals surface area contributed by atoms with Gasteiger partial charge in [0.15, 0.2) is 4.77 Å². The summed E-state index contributed by atoms with van der Waals surface area (Å²) in [5.41, 5.74) is 1.80. The zero-order valence-electron chi connectivity index (χ0n) is 10.9. The summed E-state index contributed by atoms with van der Waals surface area (Å²) in [6.07, 6.45) is 11.1. The van der Waals surface area contributed by atoms with Gasteiger partial charge in [0, 0.05) is 0 Å². The molecule has 1 heterocycles. The van der Waals surface area contributed by atoms with E-state index in [1.807, 2.05) is 42.5 Å². The van der Waals surface area contributed by atoms with Gasteiger partial charge in [-0.1, -0.05) is 42.5 Å². The Kier molecular flexibility index (Phi) is 3.48. The van der Waals surface area contributed by atoms with Crippen molar-refractivity contribution in [3.63, 3.8) is 0 Å². The summed E-state index contributed by atoms with van der Waals surface area (Å²) in [4.78, 5) is 15.6. The number of rotatable bonds is 2. The molecule has 20 heavy (non-hydrogen) atoms. The normalized spacial score (nSPS) is 14.3.